The Labute approximate surface area is 300 Å². The Kier molecular flexibility index (Phi) is 32.7. The molecule has 0 aromatic carbocycles. The average Bonchev–Trinajstić information content (AvgIpc) is 3.06. The number of carbonyl (C=O) groups excluding carboxylic acids is 2. The van der Waals surface area contributed by atoms with E-state index in [1.807, 2.05) is 6.92 Å². The molecule has 0 heterocycles. The van der Waals surface area contributed by atoms with E-state index in [1.165, 1.54) is 141 Å². The molecule has 0 saturated heterocycles. The first kappa shape index (κ1) is 46.4. The van der Waals surface area contributed by atoms with Crippen molar-refractivity contribution in [3.63, 3.8) is 0 Å². The lowest BCUT2D eigenvalue weighted by Gasteiger charge is -2.41. The van der Waals surface area contributed by atoms with E-state index in [0.29, 0.717) is 17.3 Å². The zero-order chi connectivity index (χ0) is 35.6. The molecular weight excluding hydrogens is 592 g/mol. The number of quaternary nitrogens is 1. The number of rotatable bonds is 35. The Morgan fingerprint density at radius 3 is 1.29 bits per heavy atom. The van der Waals surface area contributed by atoms with Gasteiger partial charge >= 0.3 is 5.97 Å². The number of allylic oxidation sites excluding steroid dienone is 4. The number of unbranched alkanes of at least 4 members (excludes halogenated alkanes) is 22. The molecule has 0 aromatic rings. The quantitative estimate of drug-likeness (QED) is 0.0239. The van der Waals surface area contributed by atoms with Gasteiger partial charge in [-0.2, -0.15) is 0 Å². The highest BCUT2D eigenvalue weighted by Crippen LogP contribution is 2.18. The van der Waals surface area contributed by atoms with Crippen molar-refractivity contribution in [2.45, 2.75) is 226 Å². The van der Waals surface area contributed by atoms with Gasteiger partial charge in [-0.1, -0.05) is 148 Å². The molecule has 0 fully saturated rings. The molecule has 0 aliphatic carbocycles. The maximum atomic E-state index is 12.8. The number of nitrogens with one attached hydrogen (secondary N) is 1. The monoisotopic (exact) mass is 676 g/mol. The van der Waals surface area contributed by atoms with Gasteiger partial charge in [-0.3, -0.25) is 14.1 Å². The smallest absolute Gasteiger partial charge is 0.310 e. The van der Waals surface area contributed by atoms with Crippen LogP contribution in [0, 0.1) is 0 Å². The first-order valence-electron chi connectivity index (χ1n) is 20.9. The fourth-order valence-corrected chi connectivity index (χ4v) is 6.33. The van der Waals surface area contributed by atoms with Gasteiger partial charge in [-0.05, 0) is 64.2 Å². The minimum atomic E-state index is -0.314. The molecule has 0 aromatic heterocycles. The molecule has 0 saturated carbocycles. The highest BCUT2D eigenvalue weighted by atomic mass is 16.6. The average molecular weight is 676 g/mol. The van der Waals surface area contributed by atoms with E-state index in [4.69, 9.17) is 4.74 Å². The lowest BCUT2D eigenvalue weighted by molar-refractivity contribution is -0.957. The largest absolute Gasteiger partial charge is 0.413 e. The van der Waals surface area contributed by atoms with Crippen LogP contribution in [0.1, 0.15) is 214 Å². The SMILES string of the molecule is CCCCCCCC/C=C\CCCCCCCC(=O)NC(CC)[N+](C)(C)C(C)OC(=O)CCCCCCC/C=C\CCCCCCCC. The second-order valence-electron chi connectivity index (χ2n) is 14.9. The van der Waals surface area contributed by atoms with Crippen LogP contribution in [0.15, 0.2) is 24.3 Å². The lowest BCUT2D eigenvalue weighted by Crippen LogP contribution is -2.62. The summed E-state index contributed by atoms with van der Waals surface area (Å²) in [5.74, 6) is -0.0155. The Balaban J connectivity index is 3.95. The molecule has 48 heavy (non-hydrogen) atoms. The molecule has 5 heteroatoms. The van der Waals surface area contributed by atoms with Gasteiger partial charge in [-0.25, -0.2) is 0 Å². The molecule has 0 spiro atoms. The molecule has 282 valence electrons. The normalized spacial score (nSPS) is 13.4. The minimum absolute atomic E-state index is 0.0803. The molecule has 1 N–H and O–H groups in total. The third kappa shape index (κ3) is 28.2. The van der Waals surface area contributed by atoms with Crippen LogP contribution >= 0.6 is 0 Å². The topological polar surface area (TPSA) is 55.4 Å². The summed E-state index contributed by atoms with van der Waals surface area (Å²) >= 11 is 0. The molecule has 0 bridgehead atoms. The second kappa shape index (κ2) is 33.9. The van der Waals surface area contributed by atoms with Crippen molar-refractivity contribution in [3.05, 3.63) is 24.3 Å². The summed E-state index contributed by atoms with van der Waals surface area (Å²) in [4.78, 5) is 25.4. The van der Waals surface area contributed by atoms with Gasteiger partial charge in [0, 0.05) is 26.2 Å². The second-order valence-corrected chi connectivity index (χ2v) is 14.9. The number of carbonyl (C=O) groups is 2. The summed E-state index contributed by atoms with van der Waals surface area (Å²) < 4.78 is 6.29. The van der Waals surface area contributed by atoms with E-state index in [9.17, 15) is 9.59 Å². The van der Waals surface area contributed by atoms with Crippen LogP contribution in [0.25, 0.3) is 0 Å². The summed E-state index contributed by atoms with van der Waals surface area (Å²) in [5.41, 5.74) is 0. The maximum absolute atomic E-state index is 12.8. The zero-order valence-corrected chi connectivity index (χ0v) is 33.1. The Morgan fingerprint density at radius 2 is 0.896 bits per heavy atom. The molecule has 0 radical (unpaired) electrons. The predicted molar refractivity (Wildman–Crippen MR) is 209 cm³/mol. The third-order valence-electron chi connectivity index (χ3n) is 10.1. The van der Waals surface area contributed by atoms with Gasteiger partial charge in [-0.15, -0.1) is 0 Å². The van der Waals surface area contributed by atoms with Crippen LogP contribution in [0.3, 0.4) is 0 Å². The van der Waals surface area contributed by atoms with Crippen molar-refractivity contribution in [1.82, 2.24) is 5.32 Å². The molecule has 2 atom stereocenters. The number of ether oxygens (including phenoxy) is 1. The Bertz CT molecular complexity index is 791. The fourth-order valence-electron chi connectivity index (χ4n) is 6.33. The van der Waals surface area contributed by atoms with Crippen LogP contribution in [-0.4, -0.2) is 42.8 Å². The van der Waals surface area contributed by atoms with Crippen molar-refractivity contribution in [1.29, 1.82) is 0 Å². The van der Waals surface area contributed by atoms with Crippen LogP contribution < -0.4 is 5.32 Å². The summed E-state index contributed by atoms with van der Waals surface area (Å²) in [6.45, 7) is 8.59. The lowest BCUT2D eigenvalue weighted by atomic mass is 10.1. The minimum Gasteiger partial charge on any atom is -0.413 e. The summed E-state index contributed by atoms with van der Waals surface area (Å²) in [6.07, 6.45) is 43.4. The number of hydrogen-bond acceptors (Lipinski definition) is 3. The number of amides is 1. The van der Waals surface area contributed by atoms with Gasteiger partial charge in [0.2, 0.25) is 12.1 Å². The highest BCUT2D eigenvalue weighted by molar-refractivity contribution is 5.76. The van der Waals surface area contributed by atoms with Gasteiger partial charge < -0.3 is 10.1 Å². The molecule has 0 aliphatic rings. The molecule has 2 unspecified atom stereocenters. The molecular formula is C43H83N2O3+. The van der Waals surface area contributed by atoms with Gasteiger partial charge in [0.05, 0.1) is 14.1 Å². The van der Waals surface area contributed by atoms with Crippen molar-refractivity contribution in [2.75, 3.05) is 14.1 Å². The first-order chi connectivity index (χ1) is 23.3. The van der Waals surface area contributed by atoms with E-state index in [0.717, 1.165) is 32.1 Å². The molecule has 5 nitrogen and oxygen atoms in total. The summed E-state index contributed by atoms with van der Waals surface area (Å²) in [6, 6.07) is 0. The van der Waals surface area contributed by atoms with E-state index < -0.39 is 0 Å². The van der Waals surface area contributed by atoms with Crippen LogP contribution in [0.5, 0.6) is 0 Å². The van der Waals surface area contributed by atoms with Crippen LogP contribution in [0.4, 0.5) is 0 Å². The molecule has 0 aliphatic heterocycles. The van der Waals surface area contributed by atoms with Crippen molar-refractivity contribution in [3.8, 4) is 0 Å². The van der Waals surface area contributed by atoms with E-state index >= 15 is 0 Å². The molecule has 0 rings (SSSR count). The van der Waals surface area contributed by atoms with Gasteiger partial charge in [0.25, 0.3) is 0 Å². The first-order valence-corrected chi connectivity index (χ1v) is 20.9. The summed E-state index contributed by atoms with van der Waals surface area (Å²) in [5, 5.41) is 3.24. The summed E-state index contributed by atoms with van der Waals surface area (Å²) in [7, 11) is 4.10. The number of nitrogens with zero attached hydrogens (tertiary/aromatic N) is 1. The van der Waals surface area contributed by atoms with Crippen molar-refractivity contribution in [2.24, 2.45) is 0 Å². The Hall–Kier alpha value is -1.62. The number of esters is 1. The fraction of sp³-hybridized carbons (Fsp3) is 0.860. The standard InChI is InChI=1S/C43H82N2O3/c1-7-10-12-14-16-18-20-22-24-26-28-30-32-34-36-38-42(46)44-41(9-3)45(5,6)40(4)48-43(47)39-37-35-33-31-29-27-25-23-21-19-17-15-13-11-8-2/h22-25,40-41H,7-21,26-39H2,1-6H3/p+1/b24-22-,25-23-. The van der Waals surface area contributed by atoms with E-state index in [1.54, 1.807) is 0 Å². The Morgan fingerprint density at radius 1 is 0.542 bits per heavy atom. The number of hydrogen-bond donors (Lipinski definition) is 1. The highest BCUT2D eigenvalue weighted by Gasteiger charge is 2.35. The van der Waals surface area contributed by atoms with Gasteiger partial charge in [0.1, 0.15) is 0 Å². The third-order valence-corrected chi connectivity index (χ3v) is 10.1. The van der Waals surface area contributed by atoms with Crippen molar-refractivity contribution >= 4 is 11.9 Å². The van der Waals surface area contributed by atoms with Crippen molar-refractivity contribution < 1.29 is 18.8 Å². The zero-order valence-electron chi connectivity index (χ0n) is 33.1. The predicted octanol–water partition coefficient (Wildman–Crippen LogP) is 12.9. The molecule has 1 amide bonds. The maximum Gasteiger partial charge on any atom is 0.310 e. The van der Waals surface area contributed by atoms with Gasteiger partial charge in [0.15, 0.2) is 6.17 Å². The van der Waals surface area contributed by atoms with E-state index in [-0.39, 0.29) is 24.3 Å². The van der Waals surface area contributed by atoms with Crippen LogP contribution in [-0.2, 0) is 14.3 Å². The van der Waals surface area contributed by atoms with E-state index in [2.05, 4.69) is 64.5 Å². The van der Waals surface area contributed by atoms with Crippen LogP contribution in [0.2, 0.25) is 0 Å².